The lowest BCUT2D eigenvalue weighted by Crippen LogP contribution is -2.30. The van der Waals surface area contributed by atoms with Crippen LogP contribution in [-0.2, 0) is 6.54 Å². The zero-order valence-corrected chi connectivity index (χ0v) is 19.4. The number of hydrogen-bond donors (Lipinski definition) is 0. The van der Waals surface area contributed by atoms with E-state index in [4.69, 9.17) is 14.1 Å². The lowest BCUT2D eigenvalue weighted by Gasteiger charge is -2.19. The van der Waals surface area contributed by atoms with Gasteiger partial charge in [-0.05, 0) is 66.9 Å². The summed E-state index contributed by atoms with van der Waals surface area (Å²) in [6.07, 6.45) is 3.64. The molecule has 7 heteroatoms. The summed E-state index contributed by atoms with van der Waals surface area (Å²) >= 11 is 3.14. The van der Waals surface area contributed by atoms with Crippen LogP contribution in [0, 0.1) is 0 Å². The molecule has 5 rings (SSSR count). The van der Waals surface area contributed by atoms with Crippen LogP contribution in [0.25, 0.3) is 10.2 Å². The van der Waals surface area contributed by atoms with Gasteiger partial charge >= 0.3 is 0 Å². The molecule has 164 valence electrons. The molecule has 33 heavy (non-hydrogen) atoms. The van der Waals surface area contributed by atoms with Crippen LogP contribution < -0.4 is 9.64 Å². The van der Waals surface area contributed by atoms with Gasteiger partial charge in [0.1, 0.15) is 17.3 Å². The Bertz CT molecular complexity index is 1360. The zero-order valence-electron chi connectivity index (χ0n) is 17.8. The molecular formula is C26H20N2O3S2. The third-order valence-electron chi connectivity index (χ3n) is 5.04. The molecule has 2 heterocycles. The molecule has 0 N–H and O–H groups in total. The third kappa shape index (κ3) is 4.65. The van der Waals surface area contributed by atoms with E-state index in [9.17, 15) is 4.79 Å². The van der Waals surface area contributed by atoms with E-state index in [1.54, 1.807) is 47.2 Å². The minimum Gasteiger partial charge on any atom is -0.467 e. The van der Waals surface area contributed by atoms with Gasteiger partial charge in [-0.25, -0.2) is 4.98 Å². The van der Waals surface area contributed by atoms with Gasteiger partial charge in [0.05, 0.1) is 23.0 Å². The summed E-state index contributed by atoms with van der Waals surface area (Å²) in [7, 11) is 0. The normalized spacial score (nSPS) is 10.9. The highest BCUT2D eigenvalue weighted by atomic mass is 32.2. The fourth-order valence-corrected chi connectivity index (χ4v) is 5.04. The summed E-state index contributed by atoms with van der Waals surface area (Å²) in [6, 6.07) is 26.5. The van der Waals surface area contributed by atoms with Crippen LogP contribution in [0.15, 0.2) is 101 Å². The van der Waals surface area contributed by atoms with E-state index in [-0.39, 0.29) is 5.91 Å². The Labute approximate surface area is 199 Å². The zero-order chi connectivity index (χ0) is 22.6. The first-order valence-corrected chi connectivity index (χ1v) is 12.4. The van der Waals surface area contributed by atoms with Gasteiger partial charge < -0.3 is 9.15 Å². The van der Waals surface area contributed by atoms with E-state index >= 15 is 0 Å². The fourth-order valence-electron chi connectivity index (χ4n) is 3.42. The molecule has 0 saturated carbocycles. The summed E-state index contributed by atoms with van der Waals surface area (Å²) < 4.78 is 12.4. The van der Waals surface area contributed by atoms with Crippen molar-refractivity contribution in [3.63, 3.8) is 0 Å². The lowest BCUT2D eigenvalue weighted by atomic mass is 10.2. The number of carbonyl (C=O) groups is 1. The number of thioether (sulfide) groups is 1. The Kier molecular flexibility index (Phi) is 6.15. The van der Waals surface area contributed by atoms with Crippen molar-refractivity contribution in [3.05, 3.63) is 103 Å². The van der Waals surface area contributed by atoms with Gasteiger partial charge in [0, 0.05) is 10.5 Å². The molecule has 0 unspecified atom stereocenters. The predicted molar refractivity (Wildman–Crippen MR) is 134 cm³/mol. The van der Waals surface area contributed by atoms with Crippen molar-refractivity contribution in [2.45, 2.75) is 11.4 Å². The number of para-hydroxylation sites is 2. The molecule has 3 aromatic carbocycles. The minimum atomic E-state index is -0.151. The van der Waals surface area contributed by atoms with Crippen molar-refractivity contribution >= 4 is 44.4 Å². The number of amides is 1. The van der Waals surface area contributed by atoms with E-state index in [2.05, 4.69) is 0 Å². The molecule has 2 aromatic heterocycles. The van der Waals surface area contributed by atoms with Crippen LogP contribution in [0.2, 0.25) is 0 Å². The third-order valence-corrected chi connectivity index (χ3v) is 6.85. The number of rotatable bonds is 7. The highest BCUT2D eigenvalue weighted by Gasteiger charge is 2.23. The molecular weight excluding hydrogens is 452 g/mol. The number of carbonyl (C=O) groups excluding carboxylic acids is 1. The number of benzene rings is 3. The highest BCUT2D eigenvalue weighted by molar-refractivity contribution is 7.98. The van der Waals surface area contributed by atoms with Crippen LogP contribution in [0.4, 0.5) is 5.13 Å². The molecule has 0 radical (unpaired) electrons. The summed E-state index contributed by atoms with van der Waals surface area (Å²) in [5.41, 5.74) is 1.46. The van der Waals surface area contributed by atoms with E-state index < -0.39 is 0 Å². The average molecular weight is 473 g/mol. The number of thiazole rings is 1. The standard InChI is InChI=1S/C26H20N2O3S2/c1-32-22-10-5-11-23-24(22)27-26(33-23)28(17-21-9-6-16-30-21)25(29)18-12-14-20(15-13-18)31-19-7-3-2-4-8-19/h2-16H,17H2,1H3. The minimum absolute atomic E-state index is 0.151. The molecule has 0 aliphatic heterocycles. The van der Waals surface area contributed by atoms with Gasteiger partial charge in [-0.3, -0.25) is 9.69 Å². The number of fused-ring (bicyclic) bond motifs is 1. The van der Waals surface area contributed by atoms with Crippen LogP contribution in [-0.4, -0.2) is 17.1 Å². The molecule has 5 nitrogen and oxygen atoms in total. The predicted octanol–water partition coefficient (Wildman–Crippen LogP) is 7.25. The van der Waals surface area contributed by atoms with Gasteiger partial charge in [0.15, 0.2) is 5.13 Å². The van der Waals surface area contributed by atoms with Crippen LogP contribution in [0.5, 0.6) is 11.5 Å². The van der Waals surface area contributed by atoms with Crippen molar-refractivity contribution in [1.29, 1.82) is 0 Å². The van der Waals surface area contributed by atoms with Crippen molar-refractivity contribution in [2.75, 3.05) is 11.2 Å². The van der Waals surface area contributed by atoms with Gasteiger partial charge in [-0.2, -0.15) is 0 Å². The largest absolute Gasteiger partial charge is 0.467 e. The number of nitrogens with zero attached hydrogens (tertiary/aromatic N) is 2. The first kappa shape index (κ1) is 21.3. The fraction of sp³-hybridized carbons (Fsp3) is 0.0769. The monoisotopic (exact) mass is 472 g/mol. The van der Waals surface area contributed by atoms with Gasteiger partial charge in [-0.15, -0.1) is 11.8 Å². The molecule has 1 amide bonds. The molecule has 5 aromatic rings. The Morgan fingerprint density at radius 2 is 1.76 bits per heavy atom. The molecule has 0 aliphatic carbocycles. The first-order valence-electron chi connectivity index (χ1n) is 10.3. The van der Waals surface area contributed by atoms with Crippen molar-refractivity contribution in [2.24, 2.45) is 0 Å². The second kappa shape index (κ2) is 9.52. The molecule has 0 bridgehead atoms. The van der Waals surface area contributed by atoms with Crippen molar-refractivity contribution in [3.8, 4) is 11.5 Å². The van der Waals surface area contributed by atoms with E-state index in [1.165, 1.54) is 11.3 Å². The number of aromatic nitrogens is 1. The molecule has 0 saturated heterocycles. The van der Waals surface area contributed by atoms with E-state index in [0.717, 1.165) is 20.9 Å². The van der Waals surface area contributed by atoms with E-state index in [1.807, 2.05) is 66.9 Å². The van der Waals surface area contributed by atoms with Crippen molar-refractivity contribution in [1.82, 2.24) is 4.98 Å². The molecule has 0 fully saturated rings. The van der Waals surface area contributed by atoms with Crippen molar-refractivity contribution < 1.29 is 13.9 Å². The maximum absolute atomic E-state index is 13.6. The summed E-state index contributed by atoms with van der Waals surface area (Å²) in [5.74, 6) is 1.95. The summed E-state index contributed by atoms with van der Waals surface area (Å²) in [6.45, 7) is 0.294. The Morgan fingerprint density at radius 3 is 2.48 bits per heavy atom. The van der Waals surface area contributed by atoms with Gasteiger partial charge in [0.25, 0.3) is 5.91 Å². The number of hydrogen-bond acceptors (Lipinski definition) is 6. The summed E-state index contributed by atoms with van der Waals surface area (Å²) in [4.78, 5) is 21.2. The maximum atomic E-state index is 13.6. The van der Waals surface area contributed by atoms with Crippen LogP contribution in [0.1, 0.15) is 16.1 Å². The Hall–Kier alpha value is -3.55. The number of anilines is 1. The summed E-state index contributed by atoms with van der Waals surface area (Å²) in [5, 5.41) is 0.637. The topological polar surface area (TPSA) is 55.6 Å². The van der Waals surface area contributed by atoms with E-state index in [0.29, 0.717) is 28.7 Å². The second-order valence-electron chi connectivity index (χ2n) is 7.21. The van der Waals surface area contributed by atoms with Gasteiger partial charge in [0.2, 0.25) is 0 Å². The van der Waals surface area contributed by atoms with Crippen LogP contribution >= 0.6 is 23.1 Å². The number of ether oxygens (including phenoxy) is 1. The smallest absolute Gasteiger partial charge is 0.260 e. The molecule has 0 atom stereocenters. The van der Waals surface area contributed by atoms with Crippen LogP contribution in [0.3, 0.4) is 0 Å². The Balaban J connectivity index is 1.46. The SMILES string of the molecule is CSc1cccc2sc(N(Cc3ccco3)C(=O)c3ccc(Oc4ccccc4)cc3)nc12. The molecule has 0 spiro atoms. The maximum Gasteiger partial charge on any atom is 0.260 e. The Morgan fingerprint density at radius 1 is 0.970 bits per heavy atom. The lowest BCUT2D eigenvalue weighted by molar-refractivity contribution is 0.0983. The number of furan rings is 1. The second-order valence-corrected chi connectivity index (χ2v) is 9.07. The highest BCUT2D eigenvalue weighted by Crippen LogP contribution is 2.35. The quantitative estimate of drug-likeness (QED) is 0.234. The average Bonchev–Trinajstić information content (AvgIpc) is 3.53. The van der Waals surface area contributed by atoms with Gasteiger partial charge in [-0.1, -0.05) is 35.6 Å². The molecule has 0 aliphatic rings. The first-order chi connectivity index (χ1) is 16.2.